The number of nitrogens with zero attached hydrogens (tertiary/aromatic N) is 3. The first kappa shape index (κ1) is 23.1. The molecule has 0 spiro atoms. The predicted octanol–water partition coefficient (Wildman–Crippen LogP) is 3.06. The van der Waals surface area contributed by atoms with Crippen molar-refractivity contribution in [3.05, 3.63) is 56.6 Å². The van der Waals surface area contributed by atoms with Crippen molar-refractivity contribution in [2.75, 3.05) is 19.6 Å². The third-order valence-electron chi connectivity index (χ3n) is 8.64. The summed E-state index contributed by atoms with van der Waals surface area (Å²) in [5.41, 5.74) is 2.70. The van der Waals surface area contributed by atoms with E-state index < -0.39 is 6.10 Å². The molecule has 7 nitrogen and oxygen atoms in total. The molecule has 0 radical (unpaired) electrons. The van der Waals surface area contributed by atoms with E-state index >= 15 is 0 Å². The quantitative estimate of drug-likeness (QED) is 0.702. The molecule has 3 aliphatic heterocycles. The van der Waals surface area contributed by atoms with Crippen molar-refractivity contribution in [3.8, 4) is 0 Å². The first-order chi connectivity index (χ1) is 16.9. The number of likely N-dealkylation sites (tertiary alicyclic amines) is 1. The Kier molecular flexibility index (Phi) is 5.93. The fourth-order valence-corrected chi connectivity index (χ4v) is 7.80. The van der Waals surface area contributed by atoms with Gasteiger partial charge in [-0.1, -0.05) is 19.4 Å². The van der Waals surface area contributed by atoms with Crippen LogP contribution in [0.2, 0.25) is 0 Å². The Morgan fingerprint density at radius 2 is 2.06 bits per heavy atom. The second-order valence-corrected chi connectivity index (χ2v) is 11.7. The normalized spacial score (nSPS) is 34.5. The van der Waals surface area contributed by atoms with Gasteiger partial charge >= 0.3 is 0 Å². The highest BCUT2D eigenvalue weighted by Gasteiger charge is 2.51. The summed E-state index contributed by atoms with van der Waals surface area (Å²) in [5.74, 6) is 0.554. The minimum absolute atomic E-state index is 0.0785. The van der Waals surface area contributed by atoms with Gasteiger partial charge in [0.25, 0.3) is 5.56 Å². The Labute approximate surface area is 209 Å². The predicted molar refractivity (Wildman–Crippen MR) is 134 cm³/mol. The number of piperidine rings is 1. The zero-order valence-corrected chi connectivity index (χ0v) is 21.1. The van der Waals surface area contributed by atoms with Gasteiger partial charge in [-0.2, -0.15) is 0 Å². The molecule has 8 heteroatoms. The molecule has 186 valence electrons. The van der Waals surface area contributed by atoms with Gasteiger partial charge < -0.3 is 19.3 Å². The number of carbonyl (C=O) groups excluding carboxylic acids is 1. The number of fused-ring (bicyclic) bond motifs is 5. The number of aliphatic hydroxyl groups excluding tert-OH is 1. The van der Waals surface area contributed by atoms with Crippen LogP contribution in [0, 0.1) is 30.6 Å². The van der Waals surface area contributed by atoms with E-state index in [2.05, 4.69) is 22.9 Å². The summed E-state index contributed by atoms with van der Waals surface area (Å²) in [4.78, 5) is 32.9. The fourth-order valence-electron chi connectivity index (χ4n) is 6.99. The highest BCUT2D eigenvalue weighted by Crippen LogP contribution is 2.44. The maximum atomic E-state index is 13.6. The fraction of sp³-hybridized carbons (Fsp3) is 0.593. The lowest BCUT2D eigenvalue weighted by Crippen LogP contribution is -2.57. The highest BCUT2D eigenvalue weighted by molar-refractivity contribution is 7.11. The van der Waals surface area contributed by atoms with E-state index in [-0.39, 0.29) is 35.2 Å². The maximum absolute atomic E-state index is 13.6. The molecule has 7 unspecified atom stereocenters. The molecule has 35 heavy (non-hydrogen) atoms. The average Bonchev–Trinajstić information content (AvgIpc) is 3.27. The van der Waals surface area contributed by atoms with Gasteiger partial charge in [0, 0.05) is 60.8 Å². The number of hydrogen-bond donors (Lipinski definition) is 1. The van der Waals surface area contributed by atoms with Crippen LogP contribution in [0.25, 0.3) is 5.57 Å². The number of aromatic nitrogens is 2. The van der Waals surface area contributed by atoms with Crippen molar-refractivity contribution in [1.82, 2.24) is 14.5 Å². The van der Waals surface area contributed by atoms with E-state index in [1.807, 2.05) is 22.9 Å². The number of ether oxygens (including phenoxy) is 1. The zero-order chi connectivity index (χ0) is 24.3. The molecule has 5 heterocycles. The van der Waals surface area contributed by atoms with Gasteiger partial charge in [-0.15, -0.1) is 11.3 Å². The van der Waals surface area contributed by atoms with Crippen LogP contribution < -0.4 is 5.56 Å². The summed E-state index contributed by atoms with van der Waals surface area (Å²) >= 11 is 1.48. The number of Topliss-reactive ketones (excluding diaryl/α,β-unsaturated/α-hetero) is 1. The standard InChI is InChI=1S/C27H33N3O4S/c1-3-17-8-19-25(33)21(27-28-15(2)14-35-27)13-34-26(19)20(24(17)32)12-29-9-16-7-18(11-29)22-5-4-6-23(31)30(22)10-16/h4-6,13-14,16-20,24,26,32H,3,7-12H2,1-2H3. The highest BCUT2D eigenvalue weighted by atomic mass is 32.1. The van der Waals surface area contributed by atoms with Crippen molar-refractivity contribution in [2.24, 2.45) is 23.7 Å². The second-order valence-electron chi connectivity index (χ2n) is 10.9. The van der Waals surface area contributed by atoms with Crippen molar-refractivity contribution in [3.63, 3.8) is 0 Å². The average molecular weight is 496 g/mol. The number of carbonyl (C=O) groups is 1. The number of allylic oxidation sites excluding steroid dienone is 1. The molecule has 0 amide bonds. The zero-order valence-electron chi connectivity index (χ0n) is 20.3. The Balaban J connectivity index is 1.25. The summed E-state index contributed by atoms with van der Waals surface area (Å²) in [5, 5.41) is 14.1. The van der Waals surface area contributed by atoms with Gasteiger partial charge in [-0.25, -0.2) is 4.98 Å². The number of thiazole rings is 1. The van der Waals surface area contributed by atoms with Gasteiger partial charge in [0.15, 0.2) is 5.78 Å². The Bertz CT molecular complexity index is 1220. The Morgan fingerprint density at radius 3 is 2.83 bits per heavy atom. The van der Waals surface area contributed by atoms with Gasteiger partial charge in [-0.05, 0) is 37.7 Å². The molecule has 4 aliphatic rings. The first-order valence-electron chi connectivity index (χ1n) is 12.9. The lowest BCUT2D eigenvalue weighted by Gasteiger charge is -2.49. The molecule has 0 aromatic carbocycles. The van der Waals surface area contributed by atoms with E-state index in [4.69, 9.17) is 4.74 Å². The van der Waals surface area contributed by atoms with Gasteiger partial charge in [0.2, 0.25) is 0 Å². The van der Waals surface area contributed by atoms with Crippen LogP contribution >= 0.6 is 11.3 Å². The number of hydrogen-bond acceptors (Lipinski definition) is 7. The number of aryl methyl sites for hydroxylation is 1. The monoisotopic (exact) mass is 495 g/mol. The Hall–Kier alpha value is -2.29. The van der Waals surface area contributed by atoms with E-state index in [1.54, 1.807) is 12.3 Å². The van der Waals surface area contributed by atoms with Crippen LogP contribution in [-0.4, -0.2) is 57.2 Å². The van der Waals surface area contributed by atoms with Crippen LogP contribution in [0.5, 0.6) is 0 Å². The molecular formula is C27H33N3O4S. The van der Waals surface area contributed by atoms with E-state index in [9.17, 15) is 14.7 Å². The molecule has 2 aromatic rings. The minimum Gasteiger partial charge on any atom is -0.496 e. The molecule has 1 aliphatic carbocycles. The second kappa shape index (κ2) is 8.98. The van der Waals surface area contributed by atoms with Crippen molar-refractivity contribution in [2.45, 2.75) is 57.8 Å². The Morgan fingerprint density at radius 1 is 1.20 bits per heavy atom. The van der Waals surface area contributed by atoms with Gasteiger partial charge in [0.05, 0.1) is 23.9 Å². The summed E-state index contributed by atoms with van der Waals surface area (Å²) < 4.78 is 8.21. The van der Waals surface area contributed by atoms with Crippen LogP contribution in [0.15, 0.2) is 34.6 Å². The molecule has 1 saturated carbocycles. The van der Waals surface area contributed by atoms with E-state index in [0.29, 0.717) is 30.4 Å². The van der Waals surface area contributed by atoms with E-state index in [1.165, 1.54) is 11.3 Å². The number of aliphatic hydroxyl groups is 1. The van der Waals surface area contributed by atoms with Crippen LogP contribution in [0.1, 0.15) is 48.5 Å². The van der Waals surface area contributed by atoms with Crippen molar-refractivity contribution >= 4 is 22.7 Å². The van der Waals surface area contributed by atoms with Crippen molar-refractivity contribution in [1.29, 1.82) is 0 Å². The smallest absolute Gasteiger partial charge is 0.250 e. The topological polar surface area (TPSA) is 84.7 Å². The maximum Gasteiger partial charge on any atom is 0.250 e. The molecule has 7 atom stereocenters. The minimum atomic E-state index is -0.497. The molecule has 1 saturated heterocycles. The number of ketones is 1. The lowest BCUT2D eigenvalue weighted by molar-refractivity contribution is -0.141. The van der Waals surface area contributed by atoms with Crippen LogP contribution in [-0.2, 0) is 16.1 Å². The summed E-state index contributed by atoms with van der Waals surface area (Å²) in [7, 11) is 0. The lowest BCUT2D eigenvalue weighted by atomic mass is 9.67. The number of pyridine rings is 1. The van der Waals surface area contributed by atoms with E-state index in [0.717, 1.165) is 48.9 Å². The SMILES string of the molecule is CCC1CC2C(=O)C(c3nc(C)cs3)=COC2C(CN2CC3CC(C2)c2cccc(=O)n2C3)C1O. The third kappa shape index (κ3) is 3.99. The largest absolute Gasteiger partial charge is 0.496 e. The van der Waals surface area contributed by atoms with Crippen molar-refractivity contribution < 1.29 is 14.6 Å². The molecule has 6 rings (SSSR count). The van der Waals surface area contributed by atoms with Gasteiger partial charge in [0.1, 0.15) is 11.1 Å². The van der Waals surface area contributed by atoms with Crippen LogP contribution in [0.4, 0.5) is 0 Å². The number of rotatable bonds is 4. The molecule has 2 aromatic heterocycles. The molecule has 2 fully saturated rings. The molecular weight excluding hydrogens is 462 g/mol. The third-order valence-corrected chi connectivity index (χ3v) is 9.63. The first-order valence-corrected chi connectivity index (χ1v) is 13.7. The molecule has 2 bridgehead atoms. The van der Waals surface area contributed by atoms with Crippen LogP contribution in [0.3, 0.4) is 0 Å². The van der Waals surface area contributed by atoms with Gasteiger partial charge in [-0.3, -0.25) is 9.59 Å². The summed E-state index contributed by atoms with van der Waals surface area (Å²) in [6.45, 7) is 7.26. The molecule has 1 N–H and O–H groups in total. The summed E-state index contributed by atoms with van der Waals surface area (Å²) in [6.07, 6.45) is 3.38. The summed E-state index contributed by atoms with van der Waals surface area (Å²) in [6, 6.07) is 5.60.